The van der Waals surface area contributed by atoms with Crippen LogP contribution in [0.2, 0.25) is 0 Å². The van der Waals surface area contributed by atoms with Crippen molar-refractivity contribution in [3.63, 3.8) is 0 Å². The molecule has 8 nitrogen and oxygen atoms in total. The molecule has 3 rings (SSSR count). The van der Waals surface area contributed by atoms with Crippen molar-refractivity contribution in [3.8, 4) is 0 Å². The smallest absolute Gasteiger partial charge is 0.226 e. The van der Waals surface area contributed by atoms with E-state index in [1.165, 1.54) is 0 Å². The van der Waals surface area contributed by atoms with Gasteiger partial charge in [-0.25, -0.2) is 14.6 Å². The van der Waals surface area contributed by atoms with E-state index in [1.54, 1.807) is 25.4 Å². The Balaban J connectivity index is 1.56. The molecule has 1 atom stereocenters. The second-order valence-corrected chi connectivity index (χ2v) is 5.37. The lowest BCUT2D eigenvalue weighted by molar-refractivity contribution is -0.121. The molecule has 0 unspecified atom stereocenters. The van der Waals surface area contributed by atoms with Gasteiger partial charge in [0, 0.05) is 31.5 Å². The number of nitrogens with zero attached hydrogens (tertiary/aromatic N) is 5. The third-order valence-electron chi connectivity index (χ3n) is 3.70. The third kappa shape index (κ3) is 3.38. The maximum Gasteiger partial charge on any atom is 0.226 e. The number of amides is 1. The van der Waals surface area contributed by atoms with Gasteiger partial charge in [0.15, 0.2) is 0 Å². The van der Waals surface area contributed by atoms with E-state index in [2.05, 4.69) is 35.1 Å². The van der Waals surface area contributed by atoms with Crippen molar-refractivity contribution in [2.45, 2.75) is 32.2 Å². The number of hydrogen-bond acceptors (Lipinski definition) is 7. The number of anilines is 1. The normalized spacial score (nSPS) is 18.2. The molecule has 0 aliphatic carbocycles. The maximum absolute atomic E-state index is 12.1. The van der Waals surface area contributed by atoms with Crippen LogP contribution in [-0.2, 0) is 11.2 Å². The number of aryl methyl sites for hydroxylation is 1. The van der Waals surface area contributed by atoms with E-state index in [0.717, 1.165) is 19.4 Å². The Labute approximate surface area is 127 Å². The number of nitrogens with one attached hydrogen (secondary N) is 1. The summed E-state index contributed by atoms with van der Waals surface area (Å²) >= 11 is 0. The summed E-state index contributed by atoms with van der Waals surface area (Å²) in [5.41, 5.74) is 1.23. The standard InChI is InChI=1S/C14H18N6O2/c1-10-12(19-22-18-10)8-13(21)17-11-4-2-7-20(9-11)14-15-5-3-6-16-14/h3,5-6,11H,2,4,7-9H2,1H3,(H,17,21)/t11-/m1/s1. The molecular weight excluding hydrogens is 284 g/mol. The van der Waals surface area contributed by atoms with Crippen molar-refractivity contribution >= 4 is 11.9 Å². The Kier molecular flexibility index (Phi) is 4.27. The van der Waals surface area contributed by atoms with E-state index >= 15 is 0 Å². The zero-order valence-electron chi connectivity index (χ0n) is 12.4. The number of aromatic nitrogens is 4. The Morgan fingerprint density at radius 1 is 1.41 bits per heavy atom. The molecule has 0 saturated carbocycles. The van der Waals surface area contributed by atoms with E-state index < -0.39 is 0 Å². The minimum atomic E-state index is -0.0698. The molecule has 1 aliphatic heterocycles. The van der Waals surface area contributed by atoms with Crippen LogP contribution in [0.4, 0.5) is 5.95 Å². The third-order valence-corrected chi connectivity index (χ3v) is 3.70. The lowest BCUT2D eigenvalue weighted by atomic mass is 10.1. The highest BCUT2D eigenvalue weighted by molar-refractivity contribution is 5.78. The molecule has 2 aromatic rings. The van der Waals surface area contributed by atoms with Crippen molar-refractivity contribution in [2.24, 2.45) is 0 Å². The first-order chi connectivity index (χ1) is 10.7. The summed E-state index contributed by atoms with van der Waals surface area (Å²) < 4.78 is 4.61. The zero-order chi connectivity index (χ0) is 15.4. The van der Waals surface area contributed by atoms with Crippen LogP contribution < -0.4 is 10.2 Å². The summed E-state index contributed by atoms with van der Waals surface area (Å²) in [5.74, 6) is 0.637. The van der Waals surface area contributed by atoms with Gasteiger partial charge in [0.05, 0.1) is 6.42 Å². The van der Waals surface area contributed by atoms with E-state index in [0.29, 0.717) is 23.9 Å². The van der Waals surface area contributed by atoms with Crippen molar-refractivity contribution in [2.75, 3.05) is 18.0 Å². The first kappa shape index (κ1) is 14.4. The second kappa shape index (κ2) is 6.50. The molecule has 116 valence electrons. The Morgan fingerprint density at radius 2 is 2.23 bits per heavy atom. The summed E-state index contributed by atoms with van der Waals surface area (Å²) in [6.45, 7) is 3.39. The van der Waals surface area contributed by atoms with Gasteiger partial charge in [0.1, 0.15) is 11.4 Å². The molecule has 0 bridgehead atoms. The highest BCUT2D eigenvalue weighted by Gasteiger charge is 2.23. The van der Waals surface area contributed by atoms with Gasteiger partial charge in [-0.15, -0.1) is 0 Å². The first-order valence-corrected chi connectivity index (χ1v) is 7.32. The molecule has 22 heavy (non-hydrogen) atoms. The first-order valence-electron chi connectivity index (χ1n) is 7.32. The topological polar surface area (TPSA) is 97.0 Å². The lowest BCUT2D eigenvalue weighted by Crippen LogP contribution is -2.48. The van der Waals surface area contributed by atoms with E-state index in [-0.39, 0.29) is 18.4 Å². The van der Waals surface area contributed by atoms with Gasteiger partial charge in [0.2, 0.25) is 11.9 Å². The molecular formula is C14H18N6O2. The highest BCUT2D eigenvalue weighted by atomic mass is 16.6. The molecule has 8 heteroatoms. The van der Waals surface area contributed by atoms with Gasteiger partial charge < -0.3 is 10.2 Å². The monoisotopic (exact) mass is 302 g/mol. The summed E-state index contributed by atoms with van der Waals surface area (Å²) in [4.78, 5) is 22.7. The lowest BCUT2D eigenvalue weighted by Gasteiger charge is -2.33. The molecule has 0 spiro atoms. The van der Waals surface area contributed by atoms with Crippen molar-refractivity contribution in [1.82, 2.24) is 25.6 Å². The number of piperidine rings is 1. The van der Waals surface area contributed by atoms with Crippen molar-refractivity contribution in [3.05, 3.63) is 29.8 Å². The van der Waals surface area contributed by atoms with Gasteiger partial charge in [-0.2, -0.15) is 0 Å². The van der Waals surface area contributed by atoms with Crippen LogP contribution in [0.1, 0.15) is 24.2 Å². The second-order valence-electron chi connectivity index (χ2n) is 5.37. The molecule has 0 aromatic carbocycles. The quantitative estimate of drug-likeness (QED) is 0.878. The number of hydrogen-bond donors (Lipinski definition) is 1. The molecule has 3 heterocycles. The van der Waals surface area contributed by atoms with Gasteiger partial charge in [0.25, 0.3) is 0 Å². The van der Waals surface area contributed by atoms with Gasteiger partial charge >= 0.3 is 0 Å². The zero-order valence-corrected chi connectivity index (χ0v) is 12.4. The van der Waals surface area contributed by atoms with E-state index in [4.69, 9.17) is 0 Å². The minimum absolute atomic E-state index is 0.0698. The maximum atomic E-state index is 12.1. The number of rotatable bonds is 4. The molecule has 0 radical (unpaired) electrons. The average Bonchev–Trinajstić information content (AvgIpc) is 2.93. The fourth-order valence-corrected chi connectivity index (χ4v) is 2.57. The summed E-state index contributed by atoms with van der Waals surface area (Å²) in [5, 5.41) is 10.4. The van der Waals surface area contributed by atoms with Crippen molar-refractivity contribution in [1.29, 1.82) is 0 Å². The summed E-state index contributed by atoms with van der Waals surface area (Å²) in [6.07, 6.45) is 5.59. The highest BCUT2D eigenvalue weighted by Crippen LogP contribution is 2.15. The van der Waals surface area contributed by atoms with E-state index in [9.17, 15) is 4.79 Å². The van der Waals surface area contributed by atoms with Crippen LogP contribution in [0.15, 0.2) is 23.1 Å². The van der Waals surface area contributed by atoms with E-state index in [1.807, 2.05) is 0 Å². The van der Waals surface area contributed by atoms with Crippen molar-refractivity contribution < 1.29 is 9.42 Å². The van der Waals surface area contributed by atoms with Crippen LogP contribution in [0, 0.1) is 6.92 Å². The molecule has 1 N–H and O–H groups in total. The SMILES string of the molecule is Cc1nonc1CC(=O)N[C@@H]1CCCN(c2ncccn2)C1. The Morgan fingerprint density at radius 3 is 2.95 bits per heavy atom. The van der Waals surface area contributed by atoms with Crippen LogP contribution in [0.5, 0.6) is 0 Å². The van der Waals surface area contributed by atoms with Crippen LogP contribution in [0.25, 0.3) is 0 Å². The molecule has 1 aliphatic rings. The molecule has 1 saturated heterocycles. The summed E-state index contributed by atoms with van der Waals surface area (Å²) in [6, 6.07) is 1.88. The van der Waals surface area contributed by atoms with Gasteiger partial charge in [-0.3, -0.25) is 4.79 Å². The number of carbonyl (C=O) groups excluding carboxylic acids is 1. The largest absolute Gasteiger partial charge is 0.351 e. The fourth-order valence-electron chi connectivity index (χ4n) is 2.57. The Bertz CT molecular complexity index is 629. The molecule has 1 fully saturated rings. The summed E-state index contributed by atoms with van der Waals surface area (Å²) in [7, 11) is 0. The Hall–Kier alpha value is -2.51. The average molecular weight is 302 g/mol. The fraction of sp³-hybridized carbons (Fsp3) is 0.500. The molecule has 1 amide bonds. The predicted molar refractivity (Wildman–Crippen MR) is 78.1 cm³/mol. The van der Waals surface area contributed by atoms with Gasteiger partial charge in [-0.1, -0.05) is 10.3 Å². The number of carbonyl (C=O) groups is 1. The molecule has 2 aromatic heterocycles. The predicted octanol–water partition coefficient (Wildman–Crippen LogP) is 0.496. The van der Waals surface area contributed by atoms with Gasteiger partial charge in [-0.05, 0) is 25.8 Å². The van der Waals surface area contributed by atoms with Crippen LogP contribution in [0.3, 0.4) is 0 Å². The van der Waals surface area contributed by atoms with Crippen LogP contribution >= 0.6 is 0 Å². The van der Waals surface area contributed by atoms with Crippen LogP contribution in [-0.4, -0.2) is 45.3 Å². The minimum Gasteiger partial charge on any atom is -0.351 e.